The lowest BCUT2D eigenvalue weighted by molar-refractivity contribution is -0.0173. The van der Waals surface area contributed by atoms with E-state index in [0.29, 0.717) is 0 Å². The summed E-state index contributed by atoms with van der Waals surface area (Å²) in [4.78, 5) is 25.1. The fraction of sp³-hybridized carbons (Fsp3) is 0.333. The van der Waals surface area contributed by atoms with Gasteiger partial charge < -0.3 is 21.1 Å². The first-order valence-corrected chi connectivity index (χ1v) is 5.02. The SMILES string of the molecule is Nc1nc2nc([C@@H](O)[C@@H](O)CO)cnc2c(=O)[nH]1. The van der Waals surface area contributed by atoms with Crippen LogP contribution in [0.25, 0.3) is 11.2 Å². The first kappa shape index (κ1) is 12.4. The maximum atomic E-state index is 11.4. The summed E-state index contributed by atoms with van der Waals surface area (Å²) in [7, 11) is 0. The number of hydrogen-bond donors (Lipinski definition) is 5. The highest BCUT2D eigenvalue weighted by molar-refractivity contribution is 5.69. The standard InChI is InChI=1S/C9H11N5O4/c10-9-13-7-5(8(18)14-9)11-1-3(12-7)6(17)4(16)2-15/h1,4,6,15-17H,2H2,(H3,10,12,13,14,18)/t4-,6+/m0/s1. The quantitative estimate of drug-likeness (QED) is 0.407. The van der Waals surface area contributed by atoms with Crippen molar-refractivity contribution in [1.82, 2.24) is 19.9 Å². The second kappa shape index (κ2) is 4.64. The van der Waals surface area contributed by atoms with E-state index >= 15 is 0 Å². The molecule has 9 heteroatoms. The van der Waals surface area contributed by atoms with Crippen LogP contribution in [-0.4, -0.2) is 48.0 Å². The zero-order valence-corrected chi connectivity index (χ0v) is 9.11. The summed E-state index contributed by atoms with van der Waals surface area (Å²) in [6.45, 7) is -0.633. The van der Waals surface area contributed by atoms with Crippen molar-refractivity contribution in [3.8, 4) is 0 Å². The Hall–Kier alpha value is -2.10. The largest absolute Gasteiger partial charge is 0.394 e. The monoisotopic (exact) mass is 253 g/mol. The van der Waals surface area contributed by atoms with Crippen LogP contribution in [0.5, 0.6) is 0 Å². The minimum absolute atomic E-state index is 0.0125. The number of nitrogens with two attached hydrogens (primary N) is 1. The third-order valence-corrected chi connectivity index (χ3v) is 2.31. The highest BCUT2D eigenvalue weighted by atomic mass is 16.4. The third kappa shape index (κ3) is 2.14. The Balaban J connectivity index is 2.53. The van der Waals surface area contributed by atoms with E-state index in [1.807, 2.05) is 0 Å². The molecule has 0 radical (unpaired) electrons. The number of fused-ring (bicyclic) bond motifs is 1. The van der Waals surface area contributed by atoms with Crippen molar-refractivity contribution < 1.29 is 15.3 Å². The van der Waals surface area contributed by atoms with Crippen LogP contribution in [0.15, 0.2) is 11.0 Å². The van der Waals surface area contributed by atoms with E-state index in [4.69, 9.17) is 10.8 Å². The number of aromatic nitrogens is 4. The van der Waals surface area contributed by atoms with Crippen molar-refractivity contribution in [3.63, 3.8) is 0 Å². The summed E-state index contributed by atoms with van der Waals surface area (Å²) in [5.74, 6) is -0.129. The molecule has 0 fully saturated rings. The number of aliphatic hydroxyl groups is 3. The molecule has 0 aliphatic carbocycles. The van der Waals surface area contributed by atoms with Gasteiger partial charge in [0.2, 0.25) is 5.95 Å². The summed E-state index contributed by atoms with van der Waals surface area (Å²) >= 11 is 0. The number of aliphatic hydroxyl groups excluding tert-OH is 3. The van der Waals surface area contributed by atoms with E-state index in [9.17, 15) is 15.0 Å². The maximum Gasteiger partial charge on any atom is 0.280 e. The molecule has 2 atom stereocenters. The Kier molecular flexibility index (Phi) is 3.19. The second-order valence-electron chi connectivity index (χ2n) is 3.61. The van der Waals surface area contributed by atoms with E-state index in [1.54, 1.807) is 0 Å². The fourth-order valence-corrected chi connectivity index (χ4v) is 1.39. The molecule has 0 saturated heterocycles. The van der Waals surface area contributed by atoms with Gasteiger partial charge in [-0.05, 0) is 0 Å². The zero-order valence-electron chi connectivity index (χ0n) is 9.11. The molecule has 0 unspecified atom stereocenters. The van der Waals surface area contributed by atoms with Crippen molar-refractivity contribution in [2.24, 2.45) is 0 Å². The van der Waals surface area contributed by atoms with Crippen molar-refractivity contribution in [3.05, 3.63) is 22.2 Å². The lowest BCUT2D eigenvalue weighted by Gasteiger charge is -2.14. The van der Waals surface area contributed by atoms with Gasteiger partial charge in [0.15, 0.2) is 11.2 Å². The van der Waals surface area contributed by atoms with Gasteiger partial charge in [-0.3, -0.25) is 9.78 Å². The molecule has 6 N–H and O–H groups in total. The summed E-state index contributed by atoms with van der Waals surface area (Å²) in [6, 6.07) is 0. The topological polar surface area (TPSA) is 158 Å². The number of nitrogens with zero attached hydrogens (tertiary/aromatic N) is 3. The number of aromatic amines is 1. The summed E-state index contributed by atoms with van der Waals surface area (Å²) in [5.41, 5.74) is 4.72. The van der Waals surface area contributed by atoms with Gasteiger partial charge in [-0.15, -0.1) is 0 Å². The smallest absolute Gasteiger partial charge is 0.280 e. The van der Waals surface area contributed by atoms with E-state index in [2.05, 4.69) is 19.9 Å². The molecule has 0 aliphatic rings. The van der Waals surface area contributed by atoms with Gasteiger partial charge in [-0.1, -0.05) is 0 Å². The lowest BCUT2D eigenvalue weighted by Crippen LogP contribution is -2.23. The molecule has 96 valence electrons. The molecule has 0 aromatic carbocycles. The predicted octanol–water partition coefficient (Wildman–Crippen LogP) is -2.32. The fourth-order valence-electron chi connectivity index (χ4n) is 1.39. The number of nitrogen functional groups attached to an aromatic ring is 1. The van der Waals surface area contributed by atoms with E-state index in [0.717, 1.165) is 6.20 Å². The molecule has 0 amide bonds. The van der Waals surface area contributed by atoms with Gasteiger partial charge in [0, 0.05) is 0 Å². The lowest BCUT2D eigenvalue weighted by atomic mass is 10.1. The molecule has 2 aromatic heterocycles. The van der Waals surface area contributed by atoms with Crippen LogP contribution in [0, 0.1) is 0 Å². The van der Waals surface area contributed by atoms with Gasteiger partial charge in [-0.2, -0.15) is 4.98 Å². The van der Waals surface area contributed by atoms with Crippen molar-refractivity contribution in [1.29, 1.82) is 0 Å². The highest BCUT2D eigenvalue weighted by Gasteiger charge is 2.20. The van der Waals surface area contributed by atoms with Crippen LogP contribution >= 0.6 is 0 Å². The molecule has 9 nitrogen and oxygen atoms in total. The van der Waals surface area contributed by atoms with Crippen LogP contribution in [0.1, 0.15) is 11.8 Å². The second-order valence-corrected chi connectivity index (χ2v) is 3.61. The molecule has 0 aliphatic heterocycles. The zero-order chi connectivity index (χ0) is 13.3. The van der Waals surface area contributed by atoms with Crippen molar-refractivity contribution in [2.75, 3.05) is 12.3 Å². The molecule has 0 spiro atoms. The van der Waals surface area contributed by atoms with Gasteiger partial charge in [-0.25, -0.2) is 9.97 Å². The molecule has 2 aromatic rings. The molecule has 2 rings (SSSR count). The minimum atomic E-state index is -1.42. The van der Waals surface area contributed by atoms with E-state index in [-0.39, 0.29) is 22.8 Å². The molecular formula is C9H11N5O4. The highest BCUT2D eigenvalue weighted by Crippen LogP contribution is 2.15. The van der Waals surface area contributed by atoms with Gasteiger partial charge in [0.25, 0.3) is 5.56 Å². The molecule has 0 bridgehead atoms. The Bertz CT molecular complexity index is 628. The molecule has 18 heavy (non-hydrogen) atoms. The Morgan fingerprint density at radius 3 is 2.78 bits per heavy atom. The van der Waals surface area contributed by atoms with Crippen molar-refractivity contribution >= 4 is 17.1 Å². The van der Waals surface area contributed by atoms with Gasteiger partial charge >= 0.3 is 0 Å². The maximum absolute atomic E-state index is 11.4. The van der Waals surface area contributed by atoms with Gasteiger partial charge in [0.1, 0.15) is 12.2 Å². The van der Waals surface area contributed by atoms with Crippen LogP contribution in [0.4, 0.5) is 5.95 Å². The normalized spacial score (nSPS) is 14.6. The first-order chi connectivity index (χ1) is 8.52. The Morgan fingerprint density at radius 1 is 1.39 bits per heavy atom. The summed E-state index contributed by atoms with van der Waals surface area (Å²) in [5, 5.41) is 27.6. The average molecular weight is 253 g/mol. The number of nitrogens with one attached hydrogen (secondary N) is 1. The average Bonchev–Trinajstić information content (AvgIpc) is 2.36. The van der Waals surface area contributed by atoms with E-state index in [1.165, 1.54) is 0 Å². The van der Waals surface area contributed by atoms with Crippen LogP contribution in [0.2, 0.25) is 0 Å². The van der Waals surface area contributed by atoms with Crippen LogP contribution in [0.3, 0.4) is 0 Å². The Morgan fingerprint density at radius 2 is 2.11 bits per heavy atom. The summed E-state index contributed by atoms with van der Waals surface area (Å²) in [6.07, 6.45) is -1.69. The summed E-state index contributed by atoms with van der Waals surface area (Å²) < 4.78 is 0. The van der Waals surface area contributed by atoms with E-state index < -0.39 is 24.4 Å². The molecule has 2 heterocycles. The number of rotatable bonds is 3. The first-order valence-electron chi connectivity index (χ1n) is 5.02. The predicted molar refractivity (Wildman–Crippen MR) is 60.4 cm³/mol. The van der Waals surface area contributed by atoms with Crippen LogP contribution in [-0.2, 0) is 0 Å². The number of hydrogen-bond acceptors (Lipinski definition) is 8. The number of H-pyrrole nitrogens is 1. The molecular weight excluding hydrogens is 242 g/mol. The van der Waals surface area contributed by atoms with Crippen molar-refractivity contribution in [2.45, 2.75) is 12.2 Å². The third-order valence-electron chi connectivity index (χ3n) is 2.31. The minimum Gasteiger partial charge on any atom is -0.394 e. The Labute approximate surface area is 100.0 Å². The van der Waals surface area contributed by atoms with Crippen LogP contribution < -0.4 is 11.3 Å². The molecule has 0 saturated carbocycles. The van der Waals surface area contributed by atoms with Gasteiger partial charge in [0.05, 0.1) is 18.5 Å². The number of anilines is 1.